The summed E-state index contributed by atoms with van der Waals surface area (Å²) in [5.74, 6) is -1.63. The summed E-state index contributed by atoms with van der Waals surface area (Å²) in [6, 6.07) is 1.28. The third-order valence-electron chi connectivity index (χ3n) is 1.39. The zero-order valence-corrected chi connectivity index (χ0v) is 7.08. The molecule has 0 atom stereocenters. The van der Waals surface area contributed by atoms with Crippen LogP contribution in [0.1, 0.15) is 17.4 Å². The Hall–Kier alpha value is -1.65. The molecule has 5 heteroatoms. The zero-order chi connectivity index (χ0) is 9.84. The van der Waals surface area contributed by atoms with Gasteiger partial charge in [-0.05, 0) is 13.0 Å². The highest BCUT2D eigenvalue weighted by atomic mass is 19.1. The Kier molecular flexibility index (Phi) is 2.79. The number of ether oxygens (including phenoxy) is 1. The number of nitrogens with zero attached hydrogens (tertiary/aromatic N) is 1. The molecule has 1 aromatic heterocycles. The molecule has 0 aliphatic heterocycles. The number of halogens is 1. The molecule has 0 saturated carbocycles. The number of nitrogen functional groups attached to an aromatic ring is 1. The largest absolute Gasteiger partial charge is 0.461 e. The predicted octanol–water partition coefficient (Wildman–Crippen LogP) is 0.980. The van der Waals surface area contributed by atoms with E-state index in [9.17, 15) is 9.18 Å². The Morgan fingerprint density at radius 2 is 2.46 bits per heavy atom. The molecule has 0 radical (unpaired) electrons. The van der Waals surface area contributed by atoms with Crippen molar-refractivity contribution >= 4 is 11.7 Å². The number of hydrogen-bond donors (Lipinski definition) is 1. The van der Waals surface area contributed by atoms with Gasteiger partial charge in [0.1, 0.15) is 0 Å². The first-order chi connectivity index (χ1) is 6.16. The van der Waals surface area contributed by atoms with Crippen LogP contribution in [0.25, 0.3) is 0 Å². The SMILES string of the molecule is CCOC(=O)c1nccc(N)c1F. The van der Waals surface area contributed by atoms with E-state index in [4.69, 9.17) is 5.73 Å². The summed E-state index contributed by atoms with van der Waals surface area (Å²) < 4.78 is 17.7. The molecule has 0 aliphatic rings. The maximum atomic E-state index is 13.1. The molecule has 13 heavy (non-hydrogen) atoms. The van der Waals surface area contributed by atoms with Crippen LogP contribution in [0, 0.1) is 5.82 Å². The topological polar surface area (TPSA) is 65.2 Å². The van der Waals surface area contributed by atoms with Gasteiger partial charge in [0.05, 0.1) is 12.3 Å². The van der Waals surface area contributed by atoms with Crippen molar-refractivity contribution in [3.05, 3.63) is 23.8 Å². The molecule has 4 nitrogen and oxygen atoms in total. The van der Waals surface area contributed by atoms with Crippen molar-refractivity contribution in [1.29, 1.82) is 0 Å². The highest BCUT2D eigenvalue weighted by Gasteiger charge is 2.15. The fourth-order valence-corrected chi connectivity index (χ4v) is 0.800. The summed E-state index contributed by atoms with van der Waals surface area (Å²) in [5.41, 5.74) is 4.75. The quantitative estimate of drug-likeness (QED) is 0.696. The number of aromatic nitrogens is 1. The Morgan fingerprint density at radius 3 is 3.08 bits per heavy atom. The number of pyridine rings is 1. The van der Waals surface area contributed by atoms with Crippen molar-refractivity contribution in [2.45, 2.75) is 6.92 Å². The van der Waals surface area contributed by atoms with E-state index in [2.05, 4.69) is 9.72 Å². The smallest absolute Gasteiger partial charge is 0.360 e. The molecule has 0 bridgehead atoms. The zero-order valence-electron chi connectivity index (χ0n) is 7.08. The van der Waals surface area contributed by atoms with Gasteiger partial charge in [-0.1, -0.05) is 0 Å². The summed E-state index contributed by atoms with van der Waals surface area (Å²) >= 11 is 0. The van der Waals surface area contributed by atoms with E-state index in [0.717, 1.165) is 0 Å². The lowest BCUT2D eigenvalue weighted by Gasteiger charge is -2.02. The molecule has 0 unspecified atom stereocenters. The summed E-state index contributed by atoms with van der Waals surface area (Å²) in [7, 11) is 0. The van der Waals surface area contributed by atoms with Crippen LogP contribution >= 0.6 is 0 Å². The standard InChI is InChI=1S/C8H9FN2O2/c1-2-13-8(12)7-6(9)5(10)3-4-11-7/h3-4H,2H2,1H3,(H2,10,11). The maximum absolute atomic E-state index is 13.1. The second-order valence-corrected chi connectivity index (χ2v) is 2.28. The van der Waals surface area contributed by atoms with Crippen molar-refractivity contribution in [2.24, 2.45) is 0 Å². The summed E-state index contributed by atoms with van der Waals surface area (Å²) in [4.78, 5) is 14.6. The van der Waals surface area contributed by atoms with Gasteiger partial charge in [-0.3, -0.25) is 0 Å². The molecule has 0 saturated heterocycles. The van der Waals surface area contributed by atoms with Gasteiger partial charge in [0.2, 0.25) is 0 Å². The average Bonchev–Trinajstić information content (AvgIpc) is 2.10. The van der Waals surface area contributed by atoms with E-state index in [1.54, 1.807) is 6.92 Å². The van der Waals surface area contributed by atoms with Gasteiger partial charge in [-0.15, -0.1) is 0 Å². The van der Waals surface area contributed by atoms with Crippen molar-refractivity contribution in [3.63, 3.8) is 0 Å². The third kappa shape index (κ3) is 1.93. The minimum absolute atomic E-state index is 0.113. The minimum atomic E-state index is -0.832. The fraction of sp³-hybridized carbons (Fsp3) is 0.250. The van der Waals surface area contributed by atoms with Crippen LogP contribution in [0.4, 0.5) is 10.1 Å². The lowest BCUT2D eigenvalue weighted by atomic mass is 10.3. The molecule has 1 rings (SSSR count). The molecule has 0 aromatic carbocycles. The number of esters is 1. The predicted molar refractivity (Wildman–Crippen MR) is 44.6 cm³/mol. The van der Waals surface area contributed by atoms with E-state index in [1.165, 1.54) is 12.3 Å². The number of carbonyl (C=O) groups excluding carboxylic acids is 1. The molecule has 1 heterocycles. The number of rotatable bonds is 2. The lowest BCUT2D eigenvalue weighted by molar-refractivity contribution is 0.0514. The Bertz CT molecular complexity index is 328. The highest BCUT2D eigenvalue weighted by Crippen LogP contribution is 2.12. The highest BCUT2D eigenvalue weighted by molar-refractivity contribution is 5.88. The Balaban J connectivity index is 3.01. The second kappa shape index (κ2) is 3.84. The fourth-order valence-electron chi connectivity index (χ4n) is 0.800. The Labute approximate surface area is 74.5 Å². The lowest BCUT2D eigenvalue weighted by Crippen LogP contribution is -2.11. The van der Waals surface area contributed by atoms with Crippen LogP contribution in [-0.2, 0) is 4.74 Å². The maximum Gasteiger partial charge on any atom is 0.360 e. The van der Waals surface area contributed by atoms with Crippen molar-refractivity contribution in [2.75, 3.05) is 12.3 Å². The summed E-state index contributed by atoms with van der Waals surface area (Å²) in [5, 5.41) is 0. The van der Waals surface area contributed by atoms with Crippen LogP contribution in [0.15, 0.2) is 12.3 Å². The second-order valence-electron chi connectivity index (χ2n) is 2.28. The minimum Gasteiger partial charge on any atom is -0.461 e. The van der Waals surface area contributed by atoms with Crippen LogP contribution in [0.2, 0.25) is 0 Å². The normalized spacial score (nSPS) is 9.69. The van der Waals surface area contributed by atoms with E-state index < -0.39 is 11.8 Å². The Morgan fingerprint density at radius 1 is 1.77 bits per heavy atom. The number of carbonyl (C=O) groups is 1. The van der Waals surface area contributed by atoms with Gasteiger partial charge >= 0.3 is 5.97 Å². The molecule has 0 amide bonds. The first kappa shape index (κ1) is 9.44. The van der Waals surface area contributed by atoms with E-state index in [0.29, 0.717) is 0 Å². The molecule has 70 valence electrons. The molecular weight excluding hydrogens is 175 g/mol. The van der Waals surface area contributed by atoms with Gasteiger partial charge in [0, 0.05) is 6.20 Å². The number of hydrogen-bond acceptors (Lipinski definition) is 4. The molecule has 0 fully saturated rings. The summed E-state index contributed by atoms with van der Waals surface area (Å²) in [6.07, 6.45) is 1.25. The van der Waals surface area contributed by atoms with Crippen LogP contribution < -0.4 is 5.73 Å². The van der Waals surface area contributed by atoms with Gasteiger partial charge in [0.25, 0.3) is 0 Å². The molecule has 2 N–H and O–H groups in total. The number of nitrogens with two attached hydrogens (primary N) is 1. The van der Waals surface area contributed by atoms with Crippen molar-refractivity contribution in [1.82, 2.24) is 4.98 Å². The first-order valence-corrected chi connectivity index (χ1v) is 3.74. The van der Waals surface area contributed by atoms with E-state index >= 15 is 0 Å². The van der Waals surface area contributed by atoms with Crippen LogP contribution in [-0.4, -0.2) is 17.6 Å². The van der Waals surface area contributed by atoms with Crippen molar-refractivity contribution < 1.29 is 13.9 Å². The van der Waals surface area contributed by atoms with Gasteiger partial charge in [-0.2, -0.15) is 0 Å². The van der Waals surface area contributed by atoms with Gasteiger partial charge in [-0.25, -0.2) is 14.2 Å². The van der Waals surface area contributed by atoms with E-state index in [1.807, 2.05) is 0 Å². The molecule has 0 spiro atoms. The monoisotopic (exact) mass is 184 g/mol. The first-order valence-electron chi connectivity index (χ1n) is 3.74. The van der Waals surface area contributed by atoms with Crippen LogP contribution in [0.5, 0.6) is 0 Å². The third-order valence-corrected chi connectivity index (χ3v) is 1.39. The van der Waals surface area contributed by atoms with Gasteiger partial charge in [0.15, 0.2) is 11.5 Å². The molecule has 0 aliphatic carbocycles. The van der Waals surface area contributed by atoms with Crippen LogP contribution in [0.3, 0.4) is 0 Å². The molecular formula is C8H9FN2O2. The van der Waals surface area contributed by atoms with Crippen molar-refractivity contribution in [3.8, 4) is 0 Å². The molecule has 1 aromatic rings. The average molecular weight is 184 g/mol. The number of anilines is 1. The van der Waals surface area contributed by atoms with Gasteiger partial charge < -0.3 is 10.5 Å². The van der Waals surface area contributed by atoms with E-state index in [-0.39, 0.29) is 18.0 Å². The summed E-state index contributed by atoms with van der Waals surface area (Å²) in [6.45, 7) is 1.80.